The molecule has 4 N–H and O–H groups in total. The number of alkyl halides is 3. The number of nitrogens with two attached hydrogens (primary N) is 1. The molecular weight excluding hydrogens is 680 g/mol. The maximum atomic E-state index is 13.1. The van der Waals surface area contributed by atoms with E-state index in [1.165, 1.54) is 0 Å². The van der Waals surface area contributed by atoms with Gasteiger partial charge in [-0.3, -0.25) is 9.59 Å². The average Bonchev–Trinajstić information content (AvgIpc) is 2.90. The maximum absolute atomic E-state index is 13.1. The van der Waals surface area contributed by atoms with Crippen LogP contribution in [0, 0.1) is 52.4 Å². The van der Waals surface area contributed by atoms with E-state index in [4.69, 9.17) is 16.7 Å². The number of nitrogens with one attached hydrogen (secondary N) is 1. The minimum absolute atomic E-state index is 0.193. The van der Waals surface area contributed by atoms with Crippen LogP contribution in [-0.2, 0) is 0 Å². The van der Waals surface area contributed by atoms with Crippen LogP contribution in [0.2, 0.25) is 0 Å². The fourth-order valence-corrected chi connectivity index (χ4v) is 2.54. The Kier molecular flexibility index (Phi) is 16.3. The summed E-state index contributed by atoms with van der Waals surface area (Å²) >= 11 is 4.86. The Morgan fingerprint density at radius 3 is 1.22 bits per heavy atom. The fourth-order valence-electron chi connectivity index (χ4n) is 2.40. The van der Waals surface area contributed by atoms with Gasteiger partial charge in [-0.2, -0.15) is 13.2 Å². The van der Waals surface area contributed by atoms with Gasteiger partial charge in [0.05, 0.1) is 22.7 Å². The molecule has 0 aromatic heterocycles. The number of halogens is 13. The summed E-state index contributed by atoms with van der Waals surface area (Å²) < 4.78 is 146. The number of carbonyl (C=O) groups is 3. The van der Waals surface area contributed by atoms with Crippen molar-refractivity contribution in [3.05, 3.63) is 105 Å². The van der Waals surface area contributed by atoms with Crippen LogP contribution in [-0.4, -0.2) is 40.5 Å². The first-order chi connectivity index (χ1) is 20.9. The van der Waals surface area contributed by atoms with Crippen LogP contribution in [0.15, 0.2) is 36.4 Å². The molecule has 0 fully saturated rings. The topological polar surface area (TPSA) is 109 Å². The van der Waals surface area contributed by atoms with E-state index < -0.39 is 98.4 Å². The van der Waals surface area contributed by atoms with Crippen LogP contribution < -0.4 is 11.1 Å². The van der Waals surface area contributed by atoms with Crippen molar-refractivity contribution in [3.8, 4) is 0 Å². The predicted octanol–water partition coefficient (Wildman–Crippen LogP) is 7.42. The minimum atomic E-state index is -4.22. The molecule has 0 saturated heterocycles. The zero-order valence-electron chi connectivity index (χ0n) is 23.3. The van der Waals surface area contributed by atoms with E-state index in [1.807, 2.05) is 0 Å². The number of amides is 1. The third-order valence-electron chi connectivity index (χ3n) is 4.65. The minimum Gasteiger partial charge on any atom is -0.478 e. The van der Waals surface area contributed by atoms with E-state index in [0.717, 1.165) is 6.92 Å². The summed E-state index contributed by atoms with van der Waals surface area (Å²) in [5.74, 6) is -13.9. The standard InChI is InChI=1S/C10H10F3NO.C7H2ClF3O.C7H3F3O2.C3H6F3N/c1-5(2)14-10(15)6-3-8(12)9(13)4-7(6)11;8-7(12)3-1-5(10)6(11)2-4(3)9;8-4-2-6(10)5(9)1-3(4)7(11)12;1-2(7)3(4,5)6/h3-5H,1-2H3,(H,14,15);1-2H;1-2H,(H,11,12);2H,7H2,1H3/t;;;2-/m...0/s1. The number of carboxylic acid groups (broad SMARTS) is 1. The second kappa shape index (κ2) is 18.0. The highest BCUT2D eigenvalue weighted by Gasteiger charge is 2.32. The summed E-state index contributed by atoms with van der Waals surface area (Å²) in [6, 6.07) is 0.168. The highest BCUT2D eigenvalue weighted by Crippen LogP contribution is 2.18. The Labute approximate surface area is 256 Å². The molecule has 3 aromatic rings. The van der Waals surface area contributed by atoms with Crippen molar-refractivity contribution in [2.75, 3.05) is 0 Å². The van der Waals surface area contributed by atoms with E-state index >= 15 is 0 Å². The van der Waals surface area contributed by atoms with Gasteiger partial charge in [0.25, 0.3) is 11.1 Å². The van der Waals surface area contributed by atoms with Crippen LogP contribution in [0.1, 0.15) is 51.8 Å². The zero-order chi connectivity index (χ0) is 36.3. The molecule has 0 unspecified atom stereocenters. The van der Waals surface area contributed by atoms with E-state index in [-0.39, 0.29) is 18.2 Å². The summed E-state index contributed by atoms with van der Waals surface area (Å²) in [6.07, 6.45) is -4.22. The number of rotatable bonds is 4. The van der Waals surface area contributed by atoms with Crippen molar-refractivity contribution in [2.24, 2.45) is 5.73 Å². The third-order valence-corrected chi connectivity index (χ3v) is 4.86. The first-order valence-corrected chi connectivity index (χ1v) is 12.3. The average molecular weight is 701 g/mol. The Hall–Kier alpha value is -4.32. The summed E-state index contributed by atoms with van der Waals surface area (Å²) in [4.78, 5) is 31.8. The largest absolute Gasteiger partial charge is 0.478 e. The molecule has 0 bridgehead atoms. The molecule has 46 heavy (non-hydrogen) atoms. The fraction of sp³-hybridized carbons (Fsp3) is 0.222. The second-order valence-corrected chi connectivity index (χ2v) is 9.12. The molecule has 0 aliphatic rings. The van der Waals surface area contributed by atoms with Crippen LogP contribution in [0.5, 0.6) is 0 Å². The van der Waals surface area contributed by atoms with Gasteiger partial charge in [0.15, 0.2) is 34.9 Å². The quantitative estimate of drug-likeness (QED) is 0.149. The first-order valence-electron chi connectivity index (χ1n) is 11.9. The Morgan fingerprint density at radius 2 is 0.913 bits per heavy atom. The zero-order valence-corrected chi connectivity index (χ0v) is 24.0. The lowest BCUT2D eigenvalue weighted by Gasteiger charge is -2.09. The van der Waals surface area contributed by atoms with Crippen molar-refractivity contribution in [3.63, 3.8) is 0 Å². The molecule has 1 atom stereocenters. The van der Waals surface area contributed by atoms with Crippen LogP contribution >= 0.6 is 11.6 Å². The van der Waals surface area contributed by atoms with E-state index in [0.29, 0.717) is 24.3 Å². The van der Waals surface area contributed by atoms with E-state index in [1.54, 1.807) is 13.8 Å². The van der Waals surface area contributed by atoms with Gasteiger partial charge in [-0.25, -0.2) is 44.3 Å². The molecule has 1 amide bonds. The van der Waals surface area contributed by atoms with Crippen molar-refractivity contribution >= 4 is 28.7 Å². The van der Waals surface area contributed by atoms with Crippen LogP contribution in [0.4, 0.5) is 52.7 Å². The Bertz CT molecular complexity index is 1480. The van der Waals surface area contributed by atoms with Gasteiger partial charge in [-0.05, 0) is 50.6 Å². The van der Waals surface area contributed by atoms with Gasteiger partial charge in [-0.15, -0.1) is 0 Å². The van der Waals surface area contributed by atoms with Gasteiger partial charge in [0.2, 0.25) is 0 Å². The molecule has 3 rings (SSSR count). The lowest BCUT2D eigenvalue weighted by Crippen LogP contribution is -2.33. The van der Waals surface area contributed by atoms with Gasteiger partial charge in [0, 0.05) is 24.2 Å². The van der Waals surface area contributed by atoms with Gasteiger partial charge >= 0.3 is 12.1 Å². The monoisotopic (exact) mass is 700 g/mol. The molecule has 0 aliphatic carbocycles. The first kappa shape index (κ1) is 41.7. The van der Waals surface area contributed by atoms with Crippen molar-refractivity contribution < 1.29 is 72.2 Å². The van der Waals surface area contributed by atoms with Gasteiger partial charge in [0.1, 0.15) is 17.5 Å². The molecule has 0 spiro atoms. The normalized spacial score (nSPS) is 11.2. The maximum Gasteiger partial charge on any atom is 0.403 e. The molecule has 19 heteroatoms. The lowest BCUT2D eigenvalue weighted by atomic mass is 10.1. The van der Waals surface area contributed by atoms with E-state index in [9.17, 15) is 67.1 Å². The highest BCUT2D eigenvalue weighted by molar-refractivity contribution is 6.67. The van der Waals surface area contributed by atoms with Gasteiger partial charge < -0.3 is 16.2 Å². The summed E-state index contributed by atoms with van der Waals surface area (Å²) in [6.45, 7) is 4.26. The number of hydrogen-bond acceptors (Lipinski definition) is 4. The van der Waals surface area contributed by atoms with Crippen molar-refractivity contribution in [2.45, 2.75) is 39.0 Å². The van der Waals surface area contributed by atoms with Crippen LogP contribution in [0.25, 0.3) is 0 Å². The molecule has 0 aliphatic heterocycles. The van der Waals surface area contributed by atoms with Gasteiger partial charge in [-0.1, -0.05) is 0 Å². The number of hydrogen-bond donors (Lipinski definition) is 3. The number of benzene rings is 3. The Morgan fingerprint density at radius 1 is 0.630 bits per heavy atom. The smallest absolute Gasteiger partial charge is 0.403 e. The third kappa shape index (κ3) is 13.8. The molecule has 254 valence electrons. The lowest BCUT2D eigenvalue weighted by molar-refractivity contribution is -0.143. The molecule has 0 heterocycles. The Balaban J connectivity index is 0.000000605. The summed E-state index contributed by atoms with van der Waals surface area (Å²) in [5.41, 5.74) is 2.40. The molecule has 0 saturated carbocycles. The predicted molar refractivity (Wildman–Crippen MR) is 138 cm³/mol. The second-order valence-electron chi connectivity index (χ2n) is 8.78. The number of carbonyl (C=O) groups excluding carboxylic acids is 2. The SMILES string of the molecule is CC(C)NC(=O)c1cc(F)c(F)cc1F.C[C@H](N)C(F)(F)F.O=C(Cl)c1cc(F)c(F)cc1F.O=C(O)c1cc(F)c(F)cc1F. The number of aromatic carboxylic acids is 1. The highest BCUT2D eigenvalue weighted by atomic mass is 35.5. The molecule has 0 radical (unpaired) electrons. The van der Waals surface area contributed by atoms with Crippen LogP contribution in [0.3, 0.4) is 0 Å². The van der Waals surface area contributed by atoms with E-state index in [2.05, 4.69) is 11.1 Å². The molecular formula is C27H21ClF12N2O4. The number of carboxylic acids is 1. The summed E-state index contributed by atoms with van der Waals surface area (Å²) in [7, 11) is 0. The summed E-state index contributed by atoms with van der Waals surface area (Å²) in [5, 5.41) is 9.47. The molecule has 6 nitrogen and oxygen atoms in total. The molecule has 3 aromatic carbocycles. The van der Waals surface area contributed by atoms with Crippen molar-refractivity contribution in [1.82, 2.24) is 5.32 Å². The van der Waals surface area contributed by atoms with Crippen molar-refractivity contribution in [1.29, 1.82) is 0 Å².